The Morgan fingerprint density at radius 3 is 1.90 bits per heavy atom. The Morgan fingerprint density at radius 2 is 1.40 bits per heavy atom. The quantitative estimate of drug-likeness (QED) is 0.333. The molecule has 0 saturated carbocycles. The predicted octanol–water partition coefficient (Wildman–Crippen LogP) is 4.15. The topological polar surface area (TPSA) is 105 Å². The smallest absolute Gasteiger partial charge is 0.264 e. The summed E-state index contributed by atoms with van der Waals surface area (Å²) in [7, 11) is -1.05. The minimum Gasteiger partial charge on any atom is -0.497 e. The molecule has 0 aliphatic rings. The molecule has 10 heteroatoms. The predicted molar refractivity (Wildman–Crippen MR) is 155 cm³/mol. The van der Waals surface area contributed by atoms with Gasteiger partial charge < -0.3 is 19.7 Å². The Morgan fingerprint density at radius 1 is 0.850 bits per heavy atom. The van der Waals surface area contributed by atoms with Crippen LogP contribution in [0.15, 0.2) is 77.7 Å². The van der Waals surface area contributed by atoms with Gasteiger partial charge in [0.1, 0.15) is 24.1 Å². The van der Waals surface area contributed by atoms with Gasteiger partial charge in [0.25, 0.3) is 10.0 Å². The molecule has 214 valence electrons. The minimum atomic E-state index is -4.14. The lowest BCUT2D eigenvalue weighted by molar-refractivity contribution is -0.140. The van der Waals surface area contributed by atoms with Gasteiger partial charge in [0, 0.05) is 13.1 Å². The highest BCUT2D eigenvalue weighted by Crippen LogP contribution is 2.27. The zero-order valence-electron chi connectivity index (χ0n) is 23.6. The van der Waals surface area contributed by atoms with E-state index >= 15 is 0 Å². The molecular weight excluding hydrogens is 530 g/mol. The largest absolute Gasteiger partial charge is 0.497 e. The van der Waals surface area contributed by atoms with E-state index in [4.69, 9.17) is 9.47 Å². The Labute approximate surface area is 236 Å². The lowest BCUT2D eigenvalue weighted by Gasteiger charge is -2.33. The van der Waals surface area contributed by atoms with Crippen molar-refractivity contribution in [1.82, 2.24) is 10.2 Å². The van der Waals surface area contributed by atoms with E-state index in [1.165, 1.54) is 24.1 Å². The number of sulfonamides is 1. The number of anilines is 1. The normalized spacial score (nSPS) is 11.8. The average Bonchev–Trinajstić information content (AvgIpc) is 2.96. The third-order valence-electron chi connectivity index (χ3n) is 6.50. The SMILES string of the molecule is CCNC(=O)[C@@H](CC)N(Cc1ccc(OC)cc1)C(=O)CN(c1ccc(OC)cc1)S(=O)(=O)c1ccc(C)cc1. The number of hydrogen-bond acceptors (Lipinski definition) is 6. The molecule has 1 N–H and O–H groups in total. The highest BCUT2D eigenvalue weighted by Gasteiger charge is 2.33. The first-order valence-corrected chi connectivity index (χ1v) is 14.5. The van der Waals surface area contributed by atoms with E-state index in [-0.39, 0.29) is 17.3 Å². The summed E-state index contributed by atoms with van der Waals surface area (Å²) in [5.41, 5.74) is 1.98. The van der Waals surface area contributed by atoms with Gasteiger partial charge in [-0.3, -0.25) is 13.9 Å². The van der Waals surface area contributed by atoms with Crippen LogP contribution in [0, 0.1) is 6.92 Å². The minimum absolute atomic E-state index is 0.0548. The zero-order chi connectivity index (χ0) is 29.3. The lowest BCUT2D eigenvalue weighted by atomic mass is 10.1. The zero-order valence-corrected chi connectivity index (χ0v) is 24.4. The fourth-order valence-corrected chi connectivity index (χ4v) is 5.67. The summed E-state index contributed by atoms with van der Waals surface area (Å²) in [4.78, 5) is 28.5. The number of amides is 2. The number of ether oxygens (including phenoxy) is 2. The van der Waals surface area contributed by atoms with Gasteiger partial charge in [-0.25, -0.2) is 8.42 Å². The van der Waals surface area contributed by atoms with Crippen LogP contribution < -0.4 is 19.1 Å². The van der Waals surface area contributed by atoms with Crippen LogP contribution >= 0.6 is 0 Å². The van der Waals surface area contributed by atoms with Crippen LogP contribution in [0.4, 0.5) is 5.69 Å². The molecule has 0 heterocycles. The van der Waals surface area contributed by atoms with Crippen molar-refractivity contribution < 1.29 is 27.5 Å². The molecule has 1 atom stereocenters. The number of nitrogens with one attached hydrogen (secondary N) is 1. The summed E-state index contributed by atoms with van der Waals surface area (Å²) >= 11 is 0. The van der Waals surface area contributed by atoms with Crippen molar-refractivity contribution in [2.24, 2.45) is 0 Å². The van der Waals surface area contributed by atoms with E-state index < -0.39 is 28.5 Å². The van der Waals surface area contributed by atoms with E-state index in [0.29, 0.717) is 30.2 Å². The van der Waals surface area contributed by atoms with Crippen LogP contribution in [0.3, 0.4) is 0 Å². The molecule has 0 saturated heterocycles. The van der Waals surface area contributed by atoms with E-state index in [1.54, 1.807) is 62.6 Å². The molecule has 0 radical (unpaired) electrons. The lowest BCUT2D eigenvalue weighted by Crippen LogP contribution is -2.52. The van der Waals surface area contributed by atoms with Crippen molar-refractivity contribution in [3.8, 4) is 11.5 Å². The molecule has 0 bridgehead atoms. The number of carbonyl (C=O) groups is 2. The fourth-order valence-electron chi connectivity index (χ4n) is 4.25. The fraction of sp³-hybridized carbons (Fsp3) is 0.333. The molecule has 9 nitrogen and oxygen atoms in total. The van der Waals surface area contributed by atoms with Gasteiger partial charge in [0.15, 0.2) is 0 Å². The molecule has 3 rings (SSSR count). The number of likely N-dealkylation sites (N-methyl/N-ethyl adjacent to an activating group) is 1. The Bertz CT molecular complexity index is 1370. The molecule has 2 amide bonds. The first-order valence-electron chi connectivity index (χ1n) is 13.1. The Kier molecular flexibility index (Phi) is 10.6. The molecule has 3 aromatic rings. The van der Waals surface area contributed by atoms with Gasteiger partial charge in [0.2, 0.25) is 11.8 Å². The molecule has 3 aromatic carbocycles. The number of methoxy groups -OCH3 is 2. The van der Waals surface area contributed by atoms with E-state index in [2.05, 4.69) is 5.32 Å². The summed E-state index contributed by atoms with van der Waals surface area (Å²) < 4.78 is 39.3. The molecule has 0 fully saturated rings. The van der Waals surface area contributed by atoms with Crippen LogP contribution in [-0.4, -0.2) is 58.5 Å². The van der Waals surface area contributed by atoms with Gasteiger partial charge in [-0.05, 0) is 74.4 Å². The summed E-state index contributed by atoms with van der Waals surface area (Å²) in [6, 6.07) is 19.3. The standard InChI is InChI=1S/C30H37N3O6S/c1-6-28(30(35)31-7-2)32(20-23-10-14-25(38-4)15-11-23)29(34)21-33(24-12-16-26(39-5)17-13-24)40(36,37)27-18-8-22(3)9-19-27/h8-19,28H,6-7,20-21H2,1-5H3,(H,31,35)/t28-/m1/s1. The van der Waals surface area contributed by atoms with Gasteiger partial charge in [-0.15, -0.1) is 0 Å². The first-order chi connectivity index (χ1) is 19.1. The maximum Gasteiger partial charge on any atom is 0.264 e. The number of aryl methyl sites for hydroxylation is 1. The third kappa shape index (κ3) is 7.32. The summed E-state index contributed by atoms with van der Waals surface area (Å²) in [5.74, 6) is 0.392. The van der Waals surface area contributed by atoms with E-state index in [0.717, 1.165) is 15.4 Å². The maximum atomic E-state index is 14.0. The number of benzene rings is 3. The molecule has 0 aromatic heterocycles. The van der Waals surface area contributed by atoms with Crippen molar-refractivity contribution in [2.45, 2.75) is 44.7 Å². The molecule has 0 aliphatic carbocycles. The highest BCUT2D eigenvalue weighted by atomic mass is 32.2. The van der Waals surface area contributed by atoms with E-state index in [1.807, 2.05) is 26.0 Å². The van der Waals surface area contributed by atoms with Crippen LogP contribution in [0.2, 0.25) is 0 Å². The first kappa shape index (κ1) is 30.5. The number of rotatable bonds is 13. The van der Waals surface area contributed by atoms with Crippen LogP contribution in [-0.2, 0) is 26.2 Å². The van der Waals surface area contributed by atoms with Gasteiger partial charge >= 0.3 is 0 Å². The Hall–Kier alpha value is -4.05. The summed E-state index contributed by atoms with van der Waals surface area (Å²) in [6.45, 7) is 5.50. The van der Waals surface area contributed by atoms with Crippen molar-refractivity contribution in [2.75, 3.05) is 31.6 Å². The Balaban J connectivity index is 2.05. The summed E-state index contributed by atoms with van der Waals surface area (Å²) in [6.07, 6.45) is 0.348. The van der Waals surface area contributed by atoms with Gasteiger partial charge in [-0.1, -0.05) is 36.8 Å². The van der Waals surface area contributed by atoms with Crippen LogP contribution in [0.25, 0.3) is 0 Å². The summed E-state index contributed by atoms with van der Waals surface area (Å²) in [5, 5.41) is 2.80. The third-order valence-corrected chi connectivity index (χ3v) is 8.29. The van der Waals surface area contributed by atoms with Crippen LogP contribution in [0.5, 0.6) is 11.5 Å². The van der Waals surface area contributed by atoms with Crippen molar-refractivity contribution in [1.29, 1.82) is 0 Å². The molecule has 0 unspecified atom stereocenters. The second-order valence-electron chi connectivity index (χ2n) is 9.21. The van der Waals surface area contributed by atoms with Crippen LogP contribution in [0.1, 0.15) is 31.4 Å². The molecular formula is C30H37N3O6S. The number of carbonyl (C=O) groups excluding carboxylic acids is 2. The number of nitrogens with zero attached hydrogens (tertiary/aromatic N) is 2. The molecule has 0 spiro atoms. The second kappa shape index (κ2) is 13.8. The highest BCUT2D eigenvalue weighted by molar-refractivity contribution is 7.92. The van der Waals surface area contributed by atoms with Gasteiger partial charge in [0.05, 0.1) is 24.8 Å². The maximum absolute atomic E-state index is 14.0. The molecule has 40 heavy (non-hydrogen) atoms. The average molecular weight is 568 g/mol. The number of hydrogen-bond donors (Lipinski definition) is 1. The van der Waals surface area contributed by atoms with Crippen molar-refractivity contribution >= 4 is 27.5 Å². The monoisotopic (exact) mass is 567 g/mol. The molecule has 0 aliphatic heterocycles. The van der Waals surface area contributed by atoms with Crippen molar-refractivity contribution in [3.05, 3.63) is 83.9 Å². The van der Waals surface area contributed by atoms with Gasteiger partial charge in [-0.2, -0.15) is 0 Å². The van der Waals surface area contributed by atoms with E-state index in [9.17, 15) is 18.0 Å². The second-order valence-corrected chi connectivity index (χ2v) is 11.1. The van der Waals surface area contributed by atoms with Crippen molar-refractivity contribution in [3.63, 3.8) is 0 Å².